The third-order valence-corrected chi connectivity index (χ3v) is 4.20. The molecule has 0 bridgehead atoms. The Morgan fingerprint density at radius 3 is 2.19 bits per heavy atom. The van der Waals surface area contributed by atoms with Gasteiger partial charge in [-0.15, -0.1) is 13.2 Å². The zero-order valence-corrected chi connectivity index (χ0v) is 12.1. The molecule has 1 aliphatic carbocycles. The molecule has 118 valence electrons. The van der Waals surface area contributed by atoms with E-state index in [4.69, 9.17) is 0 Å². The summed E-state index contributed by atoms with van der Waals surface area (Å²) in [7, 11) is 0. The Labute approximate surface area is 122 Å². The smallest absolute Gasteiger partial charge is 0.406 e. The van der Waals surface area contributed by atoms with Crippen LogP contribution in [-0.4, -0.2) is 17.1 Å². The number of hydrogen-bond acceptors (Lipinski definition) is 2. The molecule has 1 saturated carbocycles. The number of halogens is 3. The van der Waals surface area contributed by atoms with Crippen LogP contribution in [0.15, 0.2) is 24.3 Å². The van der Waals surface area contributed by atoms with E-state index in [1.54, 1.807) is 12.1 Å². The molecular weight excluding hydrogens is 281 g/mol. The Morgan fingerprint density at radius 1 is 1.10 bits per heavy atom. The standard InChI is InChI=1S/C16H21F3O2/c1-15(20,13-5-3-2-4-6-13)11-12-7-9-14(10-8-12)21-16(17,18)19/h7-10,13,20H,2-6,11H2,1H3. The van der Waals surface area contributed by atoms with Gasteiger partial charge in [0, 0.05) is 6.42 Å². The second kappa shape index (κ2) is 6.26. The van der Waals surface area contributed by atoms with Crippen LogP contribution in [0.2, 0.25) is 0 Å². The van der Waals surface area contributed by atoms with Gasteiger partial charge in [-0.2, -0.15) is 0 Å². The van der Waals surface area contributed by atoms with Crippen LogP contribution in [0.25, 0.3) is 0 Å². The van der Waals surface area contributed by atoms with Crippen molar-refractivity contribution >= 4 is 0 Å². The summed E-state index contributed by atoms with van der Waals surface area (Å²) in [6, 6.07) is 5.75. The summed E-state index contributed by atoms with van der Waals surface area (Å²) < 4.78 is 40.1. The van der Waals surface area contributed by atoms with Crippen molar-refractivity contribution in [2.24, 2.45) is 5.92 Å². The number of rotatable bonds is 4. The molecule has 5 heteroatoms. The number of benzene rings is 1. The molecule has 1 aromatic rings. The summed E-state index contributed by atoms with van der Waals surface area (Å²) in [5.74, 6) is 0.0286. The van der Waals surface area contributed by atoms with Gasteiger partial charge in [-0.1, -0.05) is 31.4 Å². The van der Waals surface area contributed by atoms with Crippen LogP contribution in [0, 0.1) is 5.92 Å². The highest BCUT2D eigenvalue weighted by Gasteiger charge is 2.33. The summed E-state index contributed by atoms with van der Waals surface area (Å²) in [4.78, 5) is 0. The molecule has 1 aliphatic rings. The summed E-state index contributed by atoms with van der Waals surface area (Å²) >= 11 is 0. The summed E-state index contributed by atoms with van der Waals surface area (Å²) in [5.41, 5.74) is 0.00686. The zero-order valence-electron chi connectivity index (χ0n) is 12.1. The molecule has 1 atom stereocenters. The minimum atomic E-state index is -4.67. The van der Waals surface area contributed by atoms with Crippen LogP contribution >= 0.6 is 0 Å². The molecule has 1 aromatic carbocycles. The van der Waals surface area contributed by atoms with Gasteiger partial charge in [0.15, 0.2) is 0 Å². The second-order valence-corrected chi connectivity index (χ2v) is 6.06. The molecule has 0 aliphatic heterocycles. The van der Waals surface area contributed by atoms with E-state index >= 15 is 0 Å². The lowest BCUT2D eigenvalue weighted by Gasteiger charge is -2.35. The highest BCUT2D eigenvalue weighted by molar-refractivity contribution is 5.28. The average molecular weight is 302 g/mol. The lowest BCUT2D eigenvalue weighted by Crippen LogP contribution is -2.38. The van der Waals surface area contributed by atoms with E-state index in [1.807, 2.05) is 6.92 Å². The van der Waals surface area contributed by atoms with E-state index in [0.29, 0.717) is 6.42 Å². The van der Waals surface area contributed by atoms with Crippen molar-refractivity contribution in [2.75, 3.05) is 0 Å². The maximum absolute atomic E-state index is 12.1. The average Bonchev–Trinajstić information content (AvgIpc) is 2.40. The minimum absolute atomic E-state index is 0.233. The molecule has 2 nitrogen and oxygen atoms in total. The molecule has 1 fully saturated rings. The van der Waals surface area contributed by atoms with Gasteiger partial charge in [0.05, 0.1) is 5.60 Å². The van der Waals surface area contributed by atoms with E-state index in [1.165, 1.54) is 18.6 Å². The molecule has 0 amide bonds. The van der Waals surface area contributed by atoms with Crippen molar-refractivity contribution in [3.8, 4) is 5.75 Å². The molecule has 0 heterocycles. The normalized spacial score (nSPS) is 20.0. The van der Waals surface area contributed by atoms with Crippen LogP contribution < -0.4 is 4.74 Å². The SMILES string of the molecule is CC(O)(Cc1ccc(OC(F)(F)F)cc1)C1CCCCC1. The van der Waals surface area contributed by atoms with E-state index < -0.39 is 12.0 Å². The van der Waals surface area contributed by atoms with E-state index in [9.17, 15) is 18.3 Å². The molecule has 0 radical (unpaired) electrons. The highest BCUT2D eigenvalue weighted by Crippen LogP contribution is 2.35. The zero-order chi connectivity index (χ0) is 15.5. The Hall–Kier alpha value is -1.23. The van der Waals surface area contributed by atoms with Gasteiger partial charge in [-0.25, -0.2) is 0 Å². The van der Waals surface area contributed by atoms with E-state index in [-0.39, 0.29) is 11.7 Å². The van der Waals surface area contributed by atoms with Gasteiger partial charge in [0.1, 0.15) is 5.75 Å². The van der Waals surface area contributed by atoms with Gasteiger partial charge in [-0.05, 0) is 43.4 Å². The predicted octanol–water partition coefficient (Wildman–Crippen LogP) is 4.46. The van der Waals surface area contributed by atoms with Crippen molar-refractivity contribution in [1.82, 2.24) is 0 Å². The Kier molecular flexibility index (Phi) is 4.81. The minimum Gasteiger partial charge on any atom is -0.406 e. The Morgan fingerprint density at radius 2 is 1.67 bits per heavy atom. The van der Waals surface area contributed by atoms with Crippen molar-refractivity contribution in [3.05, 3.63) is 29.8 Å². The van der Waals surface area contributed by atoms with Gasteiger partial charge >= 0.3 is 6.36 Å². The maximum Gasteiger partial charge on any atom is 0.573 e. The van der Waals surface area contributed by atoms with Gasteiger partial charge in [0.25, 0.3) is 0 Å². The van der Waals surface area contributed by atoms with E-state index in [2.05, 4.69) is 4.74 Å². The largest absolute Gasteiger partial charge is 0.573 e. The lowest BCUT2D eigenvalue weighted by molar-refractivity contribution is -0.274. The number of aliphatic hydroxyl groups is 1. The quantitative estimate of drug-likeness (QED) is 0.890. The molecule has 1 N–H and O–H groups in total. The molecule has 0 spiro atoms. The lowest BCUT2D eigenvalue weighted by atomic mass is 9.75. The number of alkyl halides is 3. The van der Waals surface area contributed by atoms with Crippen molar-refractivity contribution in [1.29, 1.82) is 0 Å². The fourth-order valence-corrected chi connectivity index (χ4v) is 3.09. The van der Waals surface area contributed by atoms with Gasteiger partial charge in [0.2, 0.25) is 0 Å². The van der Waals surface area contributed by atoms with E-state index in [0.717, 1.165) is 31.2 Å². The first kappa shape index (κ1) is 16.1. The van der Waals surface area contributed by atoms with Crippen molar-refractivity contribution in [2.45, 2.75) is 57.4 Å². The molecule has 0 aromatic heterocycles. The highest BCUT2D eigenvalue weighted by atomic mass is 19.4. The third-order valence-electron chi connectivity index (χ3n) is 4.20. The number of hydrogen-bond donors (Lipinski definition) is 1. The van der Waals surface area contributed by atoms with Gasteiger partial charge in [-0.3, -0.25) is 0 Å². The van der Waals surface area contributed by atoms with Crippen molar-refractivity contribution < 1.29 is 23.0 Å². The van der Waals surface area contributed by atoms with Crippen LogP contribution in [-0.2, 0) is 6.42 Å². The maximum atomic E-state index is 12.1. The number of ether oxygens (including phenoxy) is 1. The molecule has 0 saturated heterocycles. The van der Waals surface area contributed by atoms with Crippen LogP contribution in [0.4, 0.5) is 13.2 Å². The fourth-order valence-electron chi connectivity index (χ4n) is 3.09. The predicted molar refractivity (Wildman–Crippen MR) is 74.0 cm³/mol. The monoisotopic (exact) mass is 302 g/mol. The summed E-state index contributed by atoms with van der Waals surface area (Å²) in [6.45, 7) is 1.82. The summed E-state index contributed by atoms with van der Waals surface area (Å²) in [6.07, 6.45) is 1.30. The molecular formula is C16H21F3O2. The summed E-state index contributed by atoms with van der Waals surface area (Å²) in [5, 5.41) is 10.6. The van der Waals surface area contributed by atoms with Crippen LogP contribution in [0.3, 0.4) is 0 Å². The Bertz CT molecular complexity index is 446. The Balaban J connectivity index is 1.98. The molecule has 1 unspecified atom stereocenters. The van der Waals surface area contributed by atoms with Crippen LogP contribution in [0.1, 0.15) is 44.6 Å². The first-order valence-electron chi connectivity index (χ1n) is 7.33. The first-order chi connectivity index (χ1) is 9.76. The first-order valence-corrected chi connectivity index (χ1v) is 7.33. The van der Waals surface area contributed by atoms with Crippen molar-refractivity contribution in [3.63, 3.8) is 0 Å². The third kappa shape index (κ3) is 4.92. The second-order valence-electron chi connectivity index (χ2n) is 6.06. The topological polar surface area (TPSA) is 29.5 Å². The fraction of sp³-hybridized carbons (Fsp3) is 0.625. The molecule has 21 heavy (non-hydrogen) atoms. The molecule has 2 rings (SSSR count). The van der Waals surface area contributed by atoms with Crippen LogP contribution in [0.5, 0.6) is 5.75 Å². The van der Waals surface area contributed by atoms with Gasteiger partial charge < -0.3 is 9.84 Å².